The number of benzene rings is 2. The lowest BCUT2D eigenvalue weighted by Gasteiger charge is -2.34. The first kappa shape index (κ1) is 21.0. The van der Waals surface area contributed by atoms with Crippen LogP contribution < -0.4 is 19.7 Å². The van der Waals surface area contributed by atoms with Gasteiger partial charge in [0.15, 0.2) is 0 Å². The number of ether oxygens (including phenoxy) is 2. The number of aromatic nitrogens is 1. The lowest BCUT2D eigenvalue weighted by atomic mass is 9.95. The lowest BCUT2D eigenvalue weighted by molar-refractivity contribution is -0.125. The van der Waals surface area contributed by atoms with E-state index in [1.54, 1.807) is 14.2 Å². The zero-order valence-electron chi connectivity index (χ0n) is 18.4. The molecule has 0 bridgehead atoms. The summed E-state index contributed by atoms with van der Waals surface area (Å²) in [6.45, 7) is 4.23. The highest BCUT2D eigenvalue weighted by atomic mass is 16.5. The average Bonchev–Trinajstić information content (AvgIpc) is 2.82. The van der Waals surface area contributed by atoms with Crippen LogP contribution in [0.25, 0.3) is 10.9 Å². The molecule has 3 aromatic rings. The van der Waals surface area contributed by atoms with Crippen LogP contribution in [0, 0.1) is 12.8 Å². The van der Waals surface area contributed by atoms with Gasteiger partial charge in [-0.2, -0.15) is 0 Å². The number of amides is 1. The number of nitrogens with one attached hydrogen (secondary N) is 1. The van der Waals surface area contributed by atoms with Crippen molar-refractivity contribution in [2.45, 2.75) is 26.3 Å². The number of rotatable bonds is 6. The predicted octanol–water partition coefficient (Wildman–Crippen LogP) is 4.09. The van der Waals surface area contributed by atoms with E-state index < -0.39 is 0 Å². The van der Waals surface area contributed by atoms with Gasteiger partial charge in [0.25, 0.3) is 0 Å². The van der Waals surface area contributed by atoms with Crippen LogP contribution in [0.4, 0.5) is 5.69 Å². The van der Waals surface area contributed by atoms with Crippen LogP contribution in [0.3, 0.4) is 0 Å². The van der Waals surface area contributed by atoms with Gasteiger partial charge in [0.1, 0.15) is 17.0 Å². The second kappa shape index (κ2) is 9.25. The summed E-state index contributed by atoms with van der Waals surface area (Å²) >= 11 is 0. The minimum Gasteiger partial charge on any atom is -0.497 e. The summed E-state index contributed by atoms with van der Waals surface area (Å²) in [5, 5.41) is 4.18. The van der Waals surface area contributed by atoms with Gasteiger partial charge in [0, 0.05) is 42.3 Å². The first-order chi connectivity index (χ1) is 15.1. The predicted molar refractivity (Wildman–Crippen MR) is 123 cm³/mol. The minimum atomic E-state index is 0.0400. The van der Waals surface area contributed by atoms with E-state index >= 15 is 0 Å². The third kappa shape index (κ3) is 4.58. The molecular formula is C25H29N3O3. The molecule has 2 heterocycles. The molecule has 4 rings (SSSR count). The van der Waals surface area contributed by atoms with Gasteiger partial charge in [-0.1, -0.05) is 24.3 Å². The van der Waals surface area contributed by atoms with Crippen molar-refractivity contribution in [1.82, 2.24) is 10.3 Å². The zero-order valence-corrected chi connectivity index (χ0v) is 18.4. The molecule has 1 aliphatic heterocycles. The van der Waals surface area contributed by atoms with Crippen LogP contribution in [0.15, 0.2) is 48.5 Å². The molecule has 2 aromatic carbocycles. The van der Waals surface area contributed by atoms with E-state index in [-0.39, 0.29) is 11.8 Å². The molecule has 1 amide bonds. The summed E-state index contributed by atoms with van der Waals surface area (Å²) in [6.07, 6.45) is 1.67. The smallest absolute Gasteiger partial charge is 0.223 e. The first-order valence-corrected chi connectivity index (χ1v) is 10.7. The van der Waals surface area contributed by atoms with Crippen molar-refractivity contribution in [2.75, 3.05) is 32.2 Å². The number of nitrogens with zero attached hydrogens (tertiary/aromatic N) is 2. The molecule has 1 aliphatic rings. The molecule has 0 aliphatic carbocycles. The maximum atomic E-state index is 12.7. The fraction of sp³-hybridized carbons (Fsp3) is 0.360. The van der Waals surface area contributed by atoms with Crippen molar-refractivity contribution >= 4 is 22.5 Å². The highest BCUT2D eigenvalue weighted by molar-refractivity contribution is 5.95. The van der Waals surface area contributed by atoms with Gasteiger partial charge in [-0.05, 0) is 49.6 Å². The van der Waals surface area contributed by atoms with Gasteiger partial charge in [-0.15, -0.1) is 0 Å². The Morgan fingerprint density at radius 1 is 1.10 bits per heavy atom. The molecule has 6 heteroatoms. The molecule has 6 nitrogen and oxygen atoms in total. The number of methoxy groups -OCH3 is 2. The maximum absolute atomic E-state index is 12.7. The van der Waals surface area contributed by atoms with Gasteiger partial charge in [0.05, 0.1) is 14.2 Å². The Labute approximate surface area is 183 Å². The van der Waals surface area contributed by atoms with Gasteiger partial charge in [0.2, 0.25) is 5.91 Å². The fourth-order valence-electron chi connectivity index (χ4n) is 4.21. The van der Waals surface area contributed by atoms with E-state index in [0.29, 0.717) is 6.54 Å². The summed E-state index contributed by atoms with van der Waals surface area (Å²) < 4.78 is 10.7. The third-order valence-electron chi connectivity index (χ3n) is 5.96. The number of aryl methyl sites for hydroxylation is 1. The standard InChI is InChI=1S/C25H29N3O3/c1-17-15-22(21-5-4-6-23(31-3)24(21)27-17)28-13-11-19(12-14-28)25(29)26-16-18-7-9-20(30-2)10-8-18/h4-10,15,19H,11-14,16H2,1-3H3,(H,26,29). The van der Waals surface area contributed by atoms with E-state index in [4.69, 9.17) is 9.47 Å². The summed E-state index contributed by atoms with van der Waals surface area (Å²) in [7, 11) is 3.32. The minimum absolute atomic E-state index is 0.0400. The monoisotopic (exact) mass is 419 g/mol. The number of fused-ring (bicyclic) bond motifs is 1. The van der Waals surface area contributed by atoms with Crippen molar-refractivity contribution in [3.05, 3.63) is 59.8 Å². The largest absolute Gasteiger partial charge is 0.497 e. The zero-order chi connectivity index (χ0) is 21.8. The number of para-hydroxylation sites is 1. The summed E-state index contributed by atoms with van der Waals surface area (Å²) in [6, 6.07) is 15.9. The van der Waals surface area contributed by atoms with E-state index in [2.05, 4.69) is 27.3 Å². The second-order valence-corrected chi connectivity index (χ2v) is 7.97. The molecule has 0 radical (unpaired) electrons. The number of hydrogen-bond donors (Lipinski definition) is 1. The summed E-state index contributed by atoms with van der Waals surface area (Å²) in [5.41, 5.74) is 4.09. The Morgan fingerprint density at radius 2 is 1.84 bits per heavy atom. The number of carbonyl (C=O) groups is 1. The molecule has 1 saturated heterocycles. The Morgan fingerprint density at radius 3 is 2.52 bits per heavy atom. The molecule has 0 spiro atoms. The van der Waals surface area contributed by atoms with E-state index in [9.17, 15) is 4.79 Å². The normalized spacial score (nSPS) is 14.5. The van der Waals surface area contributed by atoms with Crippen molar-refractivity contribution in [3.8, 4) is 11.5 Å². The summed E-state index contributed by atoms with van der Waals surface area (Å²) in [4.78, 5) is 19.8. The first-order valence-electron chi connectivity index (χ1n) is 10.7. The molecule has 0 atom stereocenters. The van der Waals surface area contributed by atoms with Crippen LogP contribution in [-0.2, 0) is 11.3 Å². The van der Waals surface area contributed by atoms with Gasteiger partial charge in [-0.3, -0.25) is 4.79 Å². The highest BCUT2D eigenvalue weighted by Crippen LogP contribution is 2.34. The topological polar surface area (TPSA) is 63.7 Å². The van der Waals surface area contributed by atoms with Crippen molar-refractivity contribution in [3.63, 3.8) is 0 Å². The van der Waals surface area contributed by atoms with Crippen LogP contribution in [0.1, 0.15) is 24.1 Å². The lowest BCUT2D eigenvalue weighted by Crippen LogP contribution is -2.40. The van der Waals surface area contributed by atoms with E-state index in [1.807, 2.05) is 43.3 Å². The Hall–Kier alpha value is -3.28. The molecule has 31 heavy (non-hydrogen) atoms. The number of hydrogen-bond acceptors (Lipinski definition) is 5. The fourth-order valence-corrected chi connectivity index (χ4v) is 4.21. The molecule has 0 unspecified atom stereocenters. The number of anilines is 1. The number of carbonyl (C=O) groups excluding carboxylic acids is 1. The Kier molecular flexibility index (Phi) is 6.26. The molecule has 162 valence electrons. The van der Waals surface area contributed by atoms with Crippen molar-refractivity contribution < 1.29 is 14.3 Å². The van der Waals surface area contributed by atoms with Crippen LogP contribution in [0.2, 0.25) is 0 Å². The summed E-state index contributed by atoms with van der Waals surface area (Å²) in [5.74, 6) is 1.78. The van der Waals surface area contributed by atoms with E-state index in [0.717, 1.165) is 59.6 Å². The number of pyridine rings is 1. The molecule has 0 saturated carbocycles. The number of piperidine rings is 1. The molecule has 1 fully saturated rings. The van der Waals surface area contributed by atoms with Gasteiger partial charge < -0.3 is 19.7 Å². The average molecular weight is 420 g/mol. The highest BCUT2D eigenvalue weighted by Gasteiger charge is 2.26. The molecule has 1 aromatic heterocycles. The SMILES string of the molecule is COc1ccc(CNC(=O)C2CCN(c3cc(C)nc4c(OC)cccc34)CC2)cc1. The van der Waals surface area contributed by atoms with Gasteiger partial charge in [-0.25, -0.2) is 4.98 Å². The molecule has 1 N–H and O–H groups in total. The van der Waals surface area contributed by atoms with Crippen LogP contribution in [-0.4, -0.2) is 38.2 Å². The van der Waals surface area contributed by atoms with Crippen LogP contribution in [0.5, 0.6) is 11.5 Å². The molecular weight excluding hydrogens is 390 g/mol. The maximum Gasteiger partial charge on any atom is 0.223 e. The van der Waals surface area contributed by atoms with Crippen LogP contribution >= 0.6 is 0 Å². The van der Waals surface area contributed by atoms with E-state index in [1.165, 1.54) is 5.69 Å². The second-order valence-electron chi connectivity index (χ2n) is 7.97. The third-order valence-corrected chi connectivity index (χ3v) is 5.96. The van der Waals surface area contributed by atoms with Gasteiger partial charge >= 0.3 is 0 Å². The van der Waals surface area contributed by atoms with Crippen molar-refractivity contribution in [1.29, 1.82) is 0 Å². The van der Waals surface area contributed by atoms with Crippen molar-refractivity contribution in [2.24, 2.45) is 5.92 Å². The Bertz CT molecular complexity index is 1060. The quantitative estimate of drug-likeness (QED) is 0.652. The Balaban J connectivity index is 1.40.